The van der Waals surface area contributed by atoms with Gasteiger partial charge in [0.15, 0.2) is 17.5 Å². The van der Waals surface area contributed by atoms with Gasteiger partial charge in [-0.15, -0.1) is 0 Å². The van der Waals surface area contributed by atoms with Crippen LogP contribution in [-0.2, 0) is 4.74 Å². The molecule has 1 heterocycles. The Kier molecular flexibility index (Phi) is 3.16. The van der Waals surface area contributed by atoms with E-state index >= 15 is 0 Å². The van der Waals surface area contributed by atoms with Crippen molar-refractivity contribution < 1.29 is 23.0 Å². The van der Waals surface area contributed by atoms with Gasteiger partial charge in [-0.05, 0) is 30.5 Å². The summed E-state index contributed by atoms with van der Waals surface area (Å²) in [5.41, 5.74) is 0.267. The summed E-state index contributed by atoms with van der Waals surface area (Å²) in [5, 5.41) is 9.19. The highest BCUT2D eigenvalue weighted by Gasteiger charge is 2.23. The van der Waals surface area contributed by atoms with Crippen LogP contribution in [0.25, 0.3) is 0 Å². The largest absolute Gasteiger partial charge is 0.391 e. The van der Waals surface area contributed by atoms with Crippen LogP contribution >= 0.6 is 0 Å². The molecule has 0 aliphatic carbocycles. The molecular formula is C11H11F3O2. The molecule has 0 aromatic heterocycles. The van der Waals surface area contributed by atoms with E-state index in [1.165, 1.54) is 0 Å². The number of hydrogen-bond acceptors (Lipinski definition) is 2. The summed E-state index contributed by atoms with van der Waals surface area (Å²) in [7, 11) is 0. The predicted octanol–water partition coefficient (Wildman–Crippen LogP) is 2.32. The normalized spacial score (nSPS) is 25.8. The number of benzene rings is 1. The van der Waals surface area contributed by atoms with Gasteiger partial charge < -0.3 is 9.84 Å². The minimum atomic E-state index is -1.47. The third kappa shape index (κ3) is 2.20. The third-order valence-electron chi connectivity index (χ3n) is 2.63. The number of ether oxygens (including phenoxy) is 1. The summed E-state index contributed by atoms with van der Waals surface area (Å²) in [5.74, 6) is -3.91. The van der Waals surface area contributed by atoms with E-state index in [1.807, 2.05) is 0 Å². The molecule has 1 saturated heterocycles. The van der Waals surface area contributed by atoms with Gasteiger partial charge in [-0.1, -0.05) is 0 Å². The summed E-state index contributed by atoms with van der Waals surface area (Å²) >= 11 is 0. The van der Waals surface area contributed by atoms with E-state index < -0.39 is 29.7 Å². The second kappa shape index (κ2) is 4.43. The average Bonchev–Trinajstić information content (AvgIpc) is 2.26. The first-order valence-electron chi connectivity index (χ1n) is 5.02. The van der Waals surface area contributed by atoms with E-state index in [4.69, 9.17) is 4.74 Å². The van der Waals surface area contributed by atoms with Crippen molar-refractivity contribution in [2.45, 2.75) is 25.0 Å². The maximum atomic E-state index is 13.0. The Morgan fingerprint density at radius 2 is 1.75 bits per heavy atom. The van der Waals surface area contributed by atoms with Gasteiger partial charge in [0.25, 0.3) is 0 Å². The van der Waals surface area contributed by atoms with Gasteiger partial charge in [0.05, 0.1) is 18.8 Å². The van der Waals surface area contributed by atoms with E-state index in [2.05, 4.69) is 0 Å². The van der Waals surface area contributed by atoms with Crippen LogP contribution < -0.4 is 0 Å². The fourth-order valence-corrected chi connectivity index (χ4v) is 1.76. The number of aliphatic hydroxyl groups excluding tert-OH is 1. The molecule has 2 nitrogen and oxygen atoms in total. The molecule has 1 aliphatic heterocycles. The van der Waals surface area contributed by atoms with E-state index in [0.717, 1.165) is 12.1 Å². The number of hydrogen-bond donors (Lipinski definition) is 1. The highest BCUT2D eigenvalue weighted by molar-refractivity contribution is 5.22. The SMILES string of the molecule is OC1CCC(c2cc(F)c(F)c(F)c2)OC1. The van der Waals surface area contributed by atoms with Gasteiger partial charge in [0, 0.05) is 0 Å². The van der Waals surface area contributed by atoms with Crippen LogP contribution in [0.1, 0.15) is 24.5 Å². The number of aliphatic hydroxyl groups is 1. The number of halogens is 3. The van der Waals surface area contributed by atoms with E-state index in [0.29, 0.717) is 12.8 Å². The summed E-state index contributed by atoms with van der Waals surface area (Å²) in [6.07, 6.45) is -0.0452. The molecule has 0 amide bonds. The van der Waals surface area contributed by atoms with Crippen LogP contribution in [0, 0.1) is 17.5 Å². The Bertz CT molecular complexity index is 364. The lowest BCUT2D eigenvalue weighted by Crippen LogP contribution is -2.24. The Labute approximate surface area is 90.7 Å². The molecule has 1 aromatic carbocycles. The fourth-order valence-electron chi connectivity index (χ4n) is 1.76. The molecule has 88 valence electrons. The molecule has 0 spiro atoms. The first-order valence-corrected chi connectivity index (χ1v) is 5.02. The molecule has 0 radical (unpaired) electrons. The summed E-state index contributed by atoms with van der Waals surface area (Å²) in [4.78, 5) is 0. The monoisotopic (exact) mass is 232 g/mol. The Morgan fingerprint density at radius 3 is 2.25 bits per heavy atom. The molecular weight excluding hydrogens is 221 g/mol. The van der Waals surface area contributed by atoms with Gasteiger partial charge in [-0.2, -0.15) is 0 Å². The first-order chi connectivity index (χ1) is 7.58. The van der Waals surface area contributed by atoms with Crippen molar-refractivity contribution in [1.29, 1.82) is 0 Å². The van der Waals surface area contributed by atoms with Crippen molar-refractivity contribution in [3.8, 4) is 0 Å². The van der Waals surface area contributed by atoms with Gasteiger partial charge in [-0.3, -0.25) is 0 Å². The molecule has 16 heavy (non-hydrogen) atoms. The van der Waals surface area contributed by atoms with E-state index in [9.17, 15) is 18.3 Å². The van der Waals surface area contributed by atoms with Gasteiger partial charge in [0.2, 0.25) is 0 Å². The minimum Gasteiger partial charge on any atom is -0.391 e. The van der Waals surface area contributed by atoms with Crippen molar-refractivity contribution in [3.05, 3.63) is 35.1 Å². The summed E-state index contributed by atoms with van der Waals surface area (Å²) in [6, 6.07) is 1.86. The van der Waals surface area contributed by atoms with E-state index in [1.54, 1.807) is 0 Å². The van der Waals surface area contributed by atoms with Crippen molar-refractivity contribution in [2.24, 2.45) is 0 Å². The lowest BCUT2D eigenvalue weighted by molar-refractivity contribution is -0.0570. The van der Waals surface area contributed by atoms with Crippen molar-refractivity contribution in [3.63, 3.8) is 0 Å². The van der Waals surface area contributed by atoms with Crippen LogP contribution in [0.15, 0.2) is 12.1 Å². The van der Waals surface area contributed by atoms with Gasteiger partial charge in [-0.25, -0.2) is 13.2 Å². The maximum Gasteiger partial charge on any atom is 0.194 e. The summed E-state index contributed by atoms with van der Waals surface area (Å²) in [6.45, 7) is 0.130. The Morgan fingerprint density at radius 1 is 1.12 bits per heavy atom. The van der Waals surface area contributed by atoms with Crippen LogP contribution in [0.2, 0.25) is 0 Å². The zero-order valence-electron chi connectivity index (χ0n) is 8.42. The Hall–Kier alpha value is -1.07. The zero-order valence-corrected chi connectivity index (χ0v) is 8.42. The molecule has 1 aromatic rings. The van der Waals surface area contributed by atoms with Gasteiger partial charge in [0.1, 0.15) is 0 Å². The molecule has 2 atom stereocenters. The van der Waals surface area contributed by atoms with Crippen LogP contribution in [-0.4, -0.2) is 17.8 Å². The smallest absolute Gasteiger partial charge is 0.194 e. The summed E-state index contributed by atoms with van der Waals surface area (Å²) < 4.78 is 43.8. The molecule has 2 rings (SSSR count). The standard InChI is InChI=1S/C11H11F3O2/c12-8-3-6(4-9(13)11(8)14)10-2-1-7(15)5-16-10/h3-4,7,10,15H,1-2,5H2. The first kappa shape index (κ1) is 11.4. The number of rotatable bonds is 1. The molecule has 0 bridgehead atoms. The van der Waals surface area contributed by atoms with E-state index in [-0.39, 0.29) is 12.2 Å². The topological polar surface area (TPSA) is 29.5 Å². The molecule has 5 heteroatoms. The van der Waals surface area contributed by atoms with Crippen LogP contribution in [0.4, 0.5) is 13.2 Å². The second-order valence-electron chi connectivity index (χ2n) is 3.85. The lowest BCUT2D eigenvalue weighted by atomic mass is 10.00. The van der Waals surface area contributed by atoms with Crippen molar-refractivity contribution >= 4 is 0 Å². The quantitative estimate of drug-likeness (QED) is 0.753. The van der Waals surface area contributed by atoms with Crippen molar-refractivity contribution in [2.75, 3.05) is 6.61 Å². The van der Waals surface area contributed by atoms with Crippen LogP contribution in [0.5, 0.6) is 0 Å². The highest BCUT2D eigenvalue weighted by Crippen LogP contribution is 2.29. The third-order valence-corrected chi connectivity index (χ3v) is 2.63. The van der Waals surface area contributed by atoms with Crippen LogP contribution in [0.3, 0.4) is 0 Å². The second-order valence-corrected chi connectivity index (χ2v) is 3.85. The average molecular weight is 232 g/mol. The maximum absolute atomic E-state index is 13.0. The molecule has 1 aliphatic rings. The molecule has 1 N–H and O–H groups in total. The minimum absolute atomic E-state index is 0.130. The molecule has 0 saturated carbocycles. The Balaban J connectivity index is 2.21. The van der Waals surface area contributed by atoms with Crippen molar-refractivity contribution in [1.82, 2.24) is 0 Å². The zero-order chi connectivity index (χ0) is 11.7. The molecule has 2 unspecified atom stereocenters. The fraction of sp³-hybridized carbons (Fsp3) is 0.455. The predicted molar refractivity (Wildman–Crippen MR) is 50.2 cm³/mol. The van der Waals surface area contributed by atoms with Gasteiger partial charge >= 0.3 is 0 Å². The molecule has 1 fully saturated rings. The lowest BCUT2D eigenvalue weighted by Gasteiger charge is -2.26. The highest BCUT2D eigenvalue weighted by atomic mass is 19.2.